The van der Waals surface area contributed by atoms with Gasteiger partial charge in [-0.2, -0.15) is 5.10 Å². The summed E-state index contributed by atoms with van der Waals surface area (Å²) in [6, 6.07) is 9.68. The molecule has 1 aromatic carbocycles. The minimum Gasteiger partial charge on any atom is -0.368 e. The number of benzene rings is 1. The molecular formula is C18H23N5O2. The summed E-state index contributed by atoms with van der Waals surface area (Å²) in [5.74, 6) is -0.501. The van der Waals surface area contributed by atoms with E-state index in [9.17, 15) is 9.59 Å². The van der Waals surface area contributed by atoms with Crippen molar-refractivity contribution in [1.29, 1.82) is 0 Å². The number of nitrogens with zero attached hydrogens (tertiary/aromatic N) is 4. The molecule has 0 aliphatic carbocycles. The van der Waals surface area contributed by atoms with E-state index in [1.54, 1.807) is 29.0 Å². The number of carbonyl (C=O) groups excluding carboxylic acids is 2. The molecule has 25 heavy (non-hydrogen) atoms. The number of aryl methyl sites for hydroxylation is 1. The van der Waals surface area contributed by atoms with Crippen LogP contribution in [0.25, 0.3) is 0 Å². The highest BCUT2D eigenvalue weighted by Gasteiger charge is 2.33. The fourth-order valence-corrected chi connectivity index (χ4v) is 3.17. The van der Waals surface area contributed by atoms with Crippen LogP contribution in [0.15, 0.2) is 42.7 Å². The third-order valence-corrected chi connectivity index (χ3v) is 4.59. The SMILES string of the molecule is Cn1cc(C(=O)N2CCN(CCc3ccccc3)C(C(N)=O)C2)cn1. The maximum atomic E-state index is 12.6. The number of primary amides is 1. The van der Waals surface area contributed by atoms with Gasteiger partial charge in [0.2, 0.25) is 5.91 Å². The molecule has 1 atom stereocenters. The lowest BCUT2D eigenvalue weighted by Gasteiger charge is -2.39. The van der Waals surface area contributed by atoms with Gasteiger partial charge in [-0.1, -0.05) is 30.3 Å². The Bertz CT molecular complexity index is 743. The minimum atomic E-state index is -0.460. The molecule has 0 bridgehead atoms. The first kappa shape index (κ1) is 17.2. The molecule has 1 aliphatic heterocycles. The van der Waals surface area contributed by atoms with Gasteiger partial charge < -0.3 is 10.6 Å². The van der Waals surface area contributed by atoms with Gasteiger partial charge >= 0.3 is 0 Å². The van der Waals surface area contributed by atoms with E-state index in [-0.39, 0.29) is 5.91 Å². The zero-order chi connectivity index (χ0) is 17.8. The number of amides is 2. The monoisotopic (exact) mass is 341 g/mol. The maximum Gasteiger partial charge on any atom is 0.257 e. The van der Waals surface area contributed by atoms with E-state index in [0.717, 1.165) is 13.0 Å². The molecular weight excluding hydrogens is 318 g/mol. The number of piperazine rings is 1. The summed E-state index contributed by atoms with van der Waals surface area (Å²) in [4.78, 5) is 28.2. The molecule has 0 saturated carbocycles. The molecule has 2 aromatic rings. The van der Waals surface area contributed by atoms with Crippen LogP contribution >= 0.6 is 0 Å². The van der Waals surface area contributed by atoms with Crippen LogP contribution in [0.1, 0.15) is 15.9 Å². The topological polar surface area (TPSA) is 84.5 Å². The van der Waals surface area contributed by atoms with Gasteiger partial charge in [0, 0.05) is 39.4 Å². The third kappa shape index (κ3) is 4.06. The van der Waals surface area contributed by atoms with Gasteiger partial charge in [-0.05, 0) is 12.0 Å². The van der Waals surface area contributed by atoms with Crippen molar-refractivity contribution in [3.63, 3.8) is 0 Å². The van der Waals surface area contributed by atoms with Crippen LogP contribution < -0.4 is 5.73 Å². The molecule has 1 aromatic heterocycles. The molecule has 7 heteroatoms. The minimum absolute atomic E-state index is 0.109. The Balaban J connectivity index is 1.64. The van der Waals surface area contributed by atoms with Crippen LogP contribution in [-0.2, 0) is 18.3 Å². The van der Waals surface area contributed by atoms with E-state index in [1.807, 2.05) is 18.2 Å². The van der Waals surface area contributed by atoms with Gasteiger partial charge in [-0.15, -0.1) is 0 Å². The van der Waals surface area contributed by atoms with Crippen LogP contribution in [0, 0.1) is 0 Å². The zero-order valence-electron chi connectivity index (χ0n) is 14.3. The van der Waals surface area contributed by atoms with Crippen molar-refractivity contribution >= 4 is 11.8 Å². The van der Waals surface area contributed by atoms with Gasteiger partial charge in [0.05, 0.1) is 11.8 Å². The first-order valence-corrected chi connectivity index (χ1v) is 8.40. The summed E-state index contributed by atoms with van der Waals surface area (Å²) in [5, 5.41) is 4.03. The van der Waals surface area contributed by atoms with E-state index >= 15 is 0 Å². The quantitative estimate of drug-likeness (QED) is 0.846. The second kappa shape index (κ2) is 7.48. The molecule has 0 spiro atoms. The van der Waals surface area contributed by atoms with Gasteiger partial charge in [0.15, 0.2) is 0 Å². The Kier molecular flexibility index (Phi) is 5.14. The lowest BCUT2D eigenvalue weighted by molar-refractivity contribution is -0.125. The summed E-state index contributed by atoms with van der Waals surface area (Å²) in [6.45, 7) is 2.27. The molecule has 7 nitrogen and oxygen atoms in total. The van der Waals surface area contributed by atoms with Crippen LogP contribution in [0.2, 0.25) is 0 Å². The molecule has 2 amide bonds. The van der Waals surface area contributed by atoms with Crippen molar-refractivity contribution in [2.75, 3.05) is 26.2 Å². The predicted octanol–water partition coefficient (Wildman–Crippen LogP) is 0.275. The Morgan fingerprint density at radius 1 is 1.24 bits per heavy atom. The van der Waals surface area contributed by atoms with Crippen molar-refractivity contribution in [3.05, 3.63) is 53.9 Å². The lowest BCUT2D eigenvalue weighted by Crippen LogP contribution is -2.59. The van der Waals surface area contributed by atoms with E-state index in [4.69, 9.17) is 5.73 Å². The molecule has 1 saturated heterocycles. The normalized spacial score (nSPS) is 18.3. The summed E-state index contributed by atoms with van der Waals surface area (Å²) >= 11 is 0. The highest BCUT2D eigenvalue weighted by molar-refractivity contribution is 5.94. The number of aromatic nitrogens is 2. The zero-order valence-corrected chi connectivity index (χ0v) is 14.3. The van der Waals surface area contributed by atoms with Crippen LogP contribution in [-0.4, -0.2) is 63.6 Å². The highest BCUT2D eigenvalue weighted by Crippen LogP contribution is 2.14. The molecule has 1 unspecified atom stereocenters. The lowest BCUT2D eigenvalue weighted by atomic mass is 10.1. The molecule has 2 N–H and O–H groups in total. The number of rotatable bonds is 5. The van der Waals surface area contributed by atoms with Crippen molar-refractivity contribution in [1.82, 2.24) is 19.6 Å². The second-order valence-corrected chi connectivity index (χ2v) is 6.34. The average molecular weight is 341 g/mol. The Morgan fingerprint density at radius 2 is 2.00 bits per heavy atom. The van der Waals surface area contributed by atoms with Crippen LogP contribution in [0.5, 0.6) is 0 Å². The van der Waals surface area contributed by atoms with Gasteiger partial charge in [0.25, 0.3) is 5.91 Å². The van der Waals surface area contributed by atoms with Crippen LogP contribution in [0.3, 0.4) is 0 Å². The van der Waals surface area contributed by atoms with Crippen molar-refractivity contribution in [2.45, 2.75) is 12.5 Å². The van der Waals surface area contributed by atoms with Gasteiger partial charge in [-0.3, -0.25) is 19.2 Å². The largest absolute Gasteiger partial charge is 0.368 e. The van der Waals surface area contributed by atoms with Gasteiger partial charge in [0.1, 0.15) is 6.04 Å². The average Bonchev–Trinajstić information content (AvgIpc) is 3.06. The first-order valence-electron chi connectivity index (χ1n) is 8.40. The number of nitrogens with two attached hydrogens (primary N) is 1. The molecule has 1 fully saturated rings. The molecule has 2 heterocycles. The Hall–Kier alpha value is -2.67. The molecule has 132 valence electrons. The van der Waals surface area contributed by atoms with Crippen molar-refractivity contribution < 1.29 is 9.59 Å². The molecule has 1 aliphatic rings. The van der Waals surface area contributed by atoms with Crippen LogP contribution in [0.4, 0.5) is 0 Å². The maximum absolute atomic E-state index is 12.6. The van der Waals surface area contributed by atoms with E-state index in [1.165, 1.54) is 5.56 Å². The Labute approximate surface area is 147 Å². The van der Waals surface area contributed by atoms with Crippen molar-refractivity contribution in [2.24, 2.45) is 12.8 Å². The number of hydrogen-bond donors (Lipinski definition) is 1. The van der Waals surface area contributed by atoms with Crippen molar-refractivity contribution in [3.8, 4) is 0 Å². The predicted molar refractivity (Wildman–Crippen MR) is 93.8 cm³/mol. The second-order valence-electron chi connectivity index (χ2n) is 6.34. The van der Waals surface area contributed by atoms with E-state index in [0.29, 0.717) is 25.2 Å². The summed E-state index contributed by atoms with van der Waals surface area (Å²) in [7, 11) is 1.77. The van der Waals surface area contributed by atoms with Gasteiger partial charge in [-0.25, -0.2) is 0 Å². The Morgan fingerprint density at radius 3 is 2.64 bits per heavy atom. The number of hydrogen-bond acceptors (Lipinski definition) is 4. The highest BCUT2D eigenvalue weighted by atomic mass is 16.2. The molecule has 0 radical (unpaired) electrons. The number of carbonyl (C=O) groups is 2. The fraction of sp³-hybridized carbons (Fsp3) is 0.389. The first-order chi connectivity index (χ1) is 12.0. The van der Waals surface area contributed by atoms with E-state index in [2.05, 4.69) is 22.1 Å². The standard InChI is InChI=1S/C18H23N5O2/c1-21-12-15(11-20-21)18(25)23-10-9-22(16(13-23)17(19)24)8-7-14-5-3-2-4-6-14/h2-6,11-12,16H,7-10,13H2,1H3,(H2,19,24). The molecule has 3 rings (SSSR count). The smallest absolute Gasteiger partial charge is 0.257 e. The summed E-state index contributed by atoms with van der Waals surface area (Å²) in [5.41, 5.74) is 7.35. The fourth-order valence-electron chi connectivity index (χ4n) is 3.17. The third-order valence-electron chi connectivity index (χ3n) is 4.59. The summed E-state index contributed by atoms with van der Waals surface area (Å²) in [6.07, 6.45) is 4.08. The summed E-state index contributed by atoms with van der Waals surface area (Å²) < 4.78 is 1.59. The van der Waals surface area contributed by atoms with E-state index < -0.39 is 11.9 Å².